The lowest BCUT2D eigenvalue weighted by Crippen LogP contribution is -2.43. The first-order valence-electron chi connectivity index (χ1n) is 9.22. The number of para-hydroxylation sites is 1. The van der Waals surface area contributed by atoms with Gasteiger partial charge in [0.05, 0.1) is 11.2 Å². The minimum atomic E-state index is -1.74. The Labute approximate surface area is 148 Å². The van der Waals surface area contributed by atoms with Crippen LogP contribution in [0.1, 0.15) is 67.0 Å². The normalized spacial score (nSPS) is 12.5. The molecule has 0 saturated heterocycles. The van der Waals surface area contributed by atoms with Gasteiger partial charge in [-0.3, -0.25) is 0 Å². The van der Waals surface area contributed by atoms with Crippen LogP contribution in [-0.2, 0) is 0 Å². The highest BCUT2D eigenvalue weighted by atomic mass is 28.3. The monoisotopic (exact) mass is 340 g/mol. The van der Waals surface area contributed by atoms with E-state index in [1.54, 1.807) is 0 Å². The number of aromatic nitrogens is 2. The van der Waals surface area contributed by atoms with Crippen molar-refractivity contribution in [2.75, 3.05) is 0 Å². The number of rotatable bonds is 4. The molecule has 2 aromatic rings. The van der Waals surface area contributed by atoms with Crippen molar-refractivity contribution >= 4 is 19.0 Å². The van der Waals surface area contributed by atoms with Crippen LogP contribution in [0.25, 0.3) is 10.9 Å². The summed E-state index contributed by atoms with van der Waals surface area (Å²) in [5.74, 6) is 0.403. The average Bonchev–Trinajstić information content (AvgIpc) is 2.86. The highest BCUT2D eigenvalue weighted by molar-refractivity contribution is 6.90. The summed E-state index contributed by atoms with van der Waals surface area (Å²) in [7, 11) is -1.74. The second-order valence-electron chi connectivity index (χ2n) is 8.10. The molecule has 2 rings (SSSR count). The number of hydrogen-bond acceptors (Lipinski definition) is 1. The van der Waals surface area contributed by atoms with Crippen LogP contribution in [0, 0.1) is 11.6 Å². The number of fused-ring (bicyclic) bond motifs is 1. The molecule has 1 aromatic carbocycles. The maximum Gasteiger partial charge on any atom is 0.148 e. The highest BCUT2D eigenvalue weighted by Gasteiger charge is 2.41. The molecule has 0 fully saturated rings. The standard InChI is InChI=1S/C21H32N2Si/c1-15(2)21-19-11-9-10-12-20(19)23(22-21)13-14-24(16(3)4,17(5)6)18(7)8/h9-12,15-18H,1-8H3. The molecule has 0 saturated carbocycles. The Morgan fingerprint density at radius 1 is 0.875 bits per heavy atom. The first-order chi connectivity index (χ1) is 11.2. The average molecular weight is 341 g/mol. The maximum absolute atomic E-state index is 4.84. The molecule has 0 radical (unpaired) electrons. The van der Waals surface area contributed by atoms with Gasteiger partial charge in [0.2, 0.25) is 0 Å². The van der Waals surface area contributed by atoms with Gasteiger partial charge >= 0.3 is 0 Å². The first-order valence-corrected chi connectivity index (χ1v) is 11.5. The van der Waals surface area contributed by atoms with E-state index in [0.29, 0.717) is 22.5 Å². The van der Waals surface area contributed by atoms with Crippen molar-refractivity contribution in [2.45, 2.75) is 77.9 Å². The largest absolute Gasteiger partial charge is 0.190 e. The van der Waals surface area contributed by atoms with Crippen molar-refractivity contribution in [2.24, 2.45) is 0 Å². The predicted octanol–water partition coefficient (Wildman–Crippen LogP) is 6.19. The van der Waals surface area contributed by atoms with E-state index in [9.17, 15) is 0 Å². The Hall–Kier alpha value is -1.53. The van der Waals surface area contributed by atoms with Gasteiger partial charge in [-0.15, -0.1) is 5.54 Å². The van der Waals surface area contributed by atoms with E-state index in [0.717, 1.165) is 11.2 Å². The summed E-state index contributed by atoms with van der Waals surface area (Å²) in [5, 5.41) is 6.06. The summed E-state index contributed by atoms with van der Waals surface area (Å²) in [6.45, 7) is 18.5. The SMILES string of the molecule is CC(C)c1nn(C#C[Si](C(C)C)(C(C)C)C(C)C)c2ccccc12. The van der Waals surface area contributed by atoms with Crippen molar-refractivity contribution in [3.63, 3.8) is 0 Å². The Morgan fingerprint density at radius 3 is 1.92 bits per heavy atom. The van der Waals surface area contributed by atoms with E-state index in [2.05, 4.69) is 91.2 Å². The molecule has 2 nitrogen and oxygen atoms in total. The summed E-state index contributed by atoms with van der Waals surface area (Å²) in [5.41, 5.74) is 7.96. The second-order valence-corrected chi connectivity index (χ2v) is 13.7. The maximum atomic E-state index is 4.84. The van der Waals surface area contributed by atoms with Crippen molar-refractivity contribution in [1.29, 1.82) is 0 Å². The summed E-state index contributed by atoms with van der Waals surface area (Å²) in [4.78, 5) is 0. The van der Waals surface area contributed by atoms with Gasteiger partial charge in [0.15, 0.2) is 0 Å². The quantitative estimate of drug-likeness (QED) is 0.479. The molecular weight excluding hydrogens is 308 g/mol. The lowest BCUT2D eigenvalue weighted by molar-refractivity contribution is 0.787. The van der Waals surface area contributed by atoms with Crippen molar-refractivity contribution in [1.82, 2.24) is 9.78 Å². The summed E-state index contributed by atoms with van der Waals surface area (Å²) in [6.07, 6.45) is 0. The molecule has 130 valence electrons. The minimum absolute atomic E-state index is 0.403. The van der Waals surface area contributed by atoms with E-state index < -0.39 is 8.07 Å². The van der Waals surface area contributed by atoms with Crippen LogP contribution < -0.4 is 0 Å². The molecule has 0 N–H and O–H groups in total. The number of benzene rings is 1. The molecule has 24 heavy (non-hydrogen) atoms. The summed E-state index contributed by atoms with van der Waals surface area (Å²) >= 11 is 0. The molecule has 0 aliphatic rings. The van der Waals surface area contributed by atoms with Gasteiger partial charge in [-0.25, -0.2) is 0 Å². The molecule has 0 bridgehead atoms. The van der Waals surface area contributed by atoms with Gasteiger partial charge in [0, 0.05) is 11.4 Å². The Kier molecular flexibility index (Phi) is 5.60. The zero-order valence-electron chi connectivity index (χ0n) is 16.5. The third-order valence-corrected chi connectivity index (χ3v) is 11.7. The van der Waals surface area contributed by atoms with E-state index in [1.165, 1.54) is 5.39 Å². The summed E-state index contributed by atoms with van der Waals surface area (Å²) in [6, 6.07) is 11.9. The number of nitrogens with zero attached hydrogens (tertiary/aromatic N) is 2. The molecule has 1 aromatic heterocycles. The lowest BCUT2D eigenvalue weighted by atomic mass is 10.1. The fourth-order valence-electron chi connectivity index (χ4n) is 4.18. The van der Waals surface area contributed by atoms with Crippen molar-refractivity contribution in [3.8, 4) is 11.6 Å². The van der Waals surface area contributed by atoms with Gasteiger partial charge in [-0.05, 0) is 28.6 Å². The topological polar surface area (TPSA) is 17.8 Å². The van der Waals surface area contributed by atoms with Crippen LogP contribution in [0.2, 0.25) is 16.6 Å². The Bertz CT molecular complexity index is 735. The number of hydrogen-bond donors (Lipinski definition) is 0. The molecule has 0 unspecified atom stereocenters. The molecule has 1 heterocycles. The third kappa shape index (κ3) is 3.17. The smallest absolute Gasteiger partial charge is 0.148 e. The van der Waals surface area contributed by atoms with E-state index in [-0.39, 0.29) is 0 Å². The van der Waals surface area contributed by atoms with E-state index >= 15 is 0 Å². The van der Waals surface area contributed by atoms with E-state index in [4.69, 9.17) is 5.10 Å². The third-order valence-electron chi connectivity index (χ3n) is 5.41. The van der Waals surface area contributed by atoms with Crippen molar-refractivity contribution < 1.29 is 0 Å². The molecule has 0 aliphatic heterocycles. The predicted molar refractivity (Wildman–Crippen MR) is 108 cm³/mol. The summed E-state index contributed by atoms with van der Waals surface area (Å²) < 4.78 is 1.93. The molecule has 0 atom stereocenters. The van der Waals surface area contributed by atoms with E-state index in [1.807, 2.05) is 4.68 Å². The van der Waals surface area contributed by atoms with Gasteiger partial charge in [-0.1, -0.05) is 73.6 Å². The molecule has 0 spiro atoms. The zero-order chi connectivity index (χ0) is 18.1. The van der Waals surface area contributed by atoms with Crippen LogP contribution in [0.15, 0.2) is 24.3 Å². The van der Waals surface area contributed by atoms with Crippen LogP contribution in [0.4, 0.5) is 0 Å². The minimum Gasteiger partial charge on any atom is -0.190 e. The van der Waals surface area contributed by atoms with Crippen molar-refractivity contribution in [3.05, 3.63) is 30.0 Å². The highest BCUT2D eigenvalue weighted by Crippen LogP contribution is 2.40. The lowest BCUT2D eigenvalue weighted by Gasteiger charge is -2.37. The molecule has 0 amide bonds. The fourth-order valence-corrected chi connectivity index (χ4v) is 9.35. The molecular formula is C21H32N2Si. The van der Waals surface area contributed by atoms with Gasteiger partial charge in [0.1, 0.15) is 8.07 Å². The fraction of sp³-hybridized carbons (Fsp3) is 0.571. The van der Waals surface area contributed by atoms with Gasteiger partial charge < -0.3 is 0 Å². The Balaban J connectivity index is 2.63. The van der Waals surface area contributed by atoms with Crippen LogP contribution in [0.5, 0.6) is 0 Å². The molecule has 0 aliphatic carbocycles. The zero-order valence-corrected chi connectivity index (χ0v) is 17.5. The van der Waals surface area contributed by atoms with Gasteiger partial charge in [-0.2, -0.15) is 9.78 Å². The van der Waals surface area contributed by atoms with Crippen LogP contribution >= 0.6 is 0 Å². The Morgan fingerprint density at radius 2 is 1.42 bits per heavy atom. The van der Waals surface area contributed by atoms with Crippen LogP contribution in [0.3, 0.4) is 0 Å². The second kappa shape index (κ2) is 7.15. The van der Waals surface area contributed by atoms with Crippen LogP contribution in [-0.4, -0.2) is 17.9 Å². The van der Waals surface area contributed by atoms with Gasteiger partial charge in [0.25, 0.3) is 0 Å². The first kappa shape index (κ1) is 18.8. The molecule has 3 heteroatoms.